The van der Waals surface area contributed by atoms with Gasteiger partial charge in [-0.25, -0.2) is 4.99 Å². The Morgan fingerprint density at radius 3 is 2.59 bits per heavy atom. The van der Waals surface area contributed by atoms with Gasteiger partial charge in [0.05, 0.1) is 0 Å². The number of guanidine groups is 1. The fourth-order valence-electron chi connectivity index (χ4n) is 3.26. The fourth-order valence-corrected chi connectivity index (χ4v) is 3.26. The topological polar surface area (TPSA) is 78.6 Å². The van der Waals surface area contributed by atoms with Crippen LogP contribution in [0.2, 0.25) is 0 Å². The van der Waals surface area contributed by atoms with E-state index in [0.29, 0.717) is 6.54 Å². The van der Waals surface area contributed by atoms with E-state index < -0.39 is 0 Å². The van der Waals surface area contributed by atoms with Gasteiger partial charge in [-0.2, -0.15) is 0 Å². The number of nitrogens with one attached hydrogen (secondary N) is 3. The average molecular weight is 394 g/mol. The van der Waals surface area contributed by atoms with Gasteiger partial charge in [0.2, 0.25) is 0 Å². The zero-order valence-electron chi connectivity index (χ0n) is 17.7. The molecule has 7 nitrogen and oxygen atoms in total. The first kappa shape index (κ1) is 20.8. The minimum atomic E-state index is -0.118. The van der Waals surface area contributed by atoms with E-state index in [4.69, 9.17) is 0 Å². The molecule has 0 amide bonds. The molecule has 2 heterocycles. The van der Waals surface area contributed by atoms with Crippen LogP contribution in [0.15, 0.2) is 59.7 Å². The molecule has 1 aromatic carbocycles. The molecule has 0 aliphatic rings. The Balaban J connectivity index is 1.61. The predicted octanol–water partition coefficient (Wildman–Crippen LogP) is 2.91. The van der Waals surface area contributed by atoms with Gasteiger partial charge in [0.1, 0.15) is 6.54 Å². The van der Waals surface area contributed by atoms with Crippen LogP contribution in [0.5, 0.6) is 0 Å². The van der Waals surface area contributed by atoms with Crippen LogP contribution in [-0.4, -0.2) is 39.2 Å². The largest absolute Gasteiger partial charge is 0.357 e. The summed E-state index contributed by atoms with van der Waals surface area (Å²) in [4.78, 5) is 4.69. The van der Waals surface area contributed by atoms with Crippen molar-refractivity contribution in [2.24, 2.45) is 4.99 Å². The Hall–Kier alpha value is -2.93. The second-order valence-corrected chi connectivity index (χ2v) is 7.75. The van der Waals surface area contributed by atoms with Gasteiger partial charge in [0.25, 0.3) is 0 Å². The smallest absolute Gasteiger partial charge is 0.191 e. The van der Waals surface area contributed by atoms with Crippen molar-refractivity contribution in [2.45, 2.75) is 45.8 Å². The van der Waals surface area contributed by atoms with Gasteiger partial charge in [0.15, 0.2) is 17.4 Å². The number of hydrogen-bond donors (Lipinski definition) is 3. The molecule has 0 aliphatic heterocycles. The van der Waals surface area contributed by atoms with Crippen molar-refractivity contribution in [3.63, 3.8) is 0 Å². The maximum absolute atomic E-state index is 4.69. The zero-order chi connectivity index (χ0) is 20.7. The summed E-state index contributed by atoms with van der Waals surface area (Å²) in [7, 11) is 0. The summed E-state index contributed by atoms with van der Waals surface area (Å²) in [5.74, 6) is 1.58. The SMILES string of the molecule is CCNC(=NCc1nnc2ccccn12)NCC(C)(C)NC(C)c1ccccc1. The first-order valence-electron chi connectivity index (χ1n) is 10.1. The second-order valence-electron chi connectivity index (χ2n) is 7.75. The van der Waals surface area contributed by atoms with Crippen molar-refractivity contribution < 1.29 is 0 Å². The second kappa shape index (κ2) is 9.52. The highest BCUT2D eigenvalue weighted by Crippen LogP contribution is 2.15. The van der Waals surface area contributed by atoms with Crippen molar-refractivity contribution in [2.75, 3.05) is 13.1 Å². The molecule has 0 aliphatic carbocycles. The lowest BCUT2D eigenvalue weighted by Gasteiger charge is -2.31. The minimum Gasteiger partial charge on any atom is -0.357 e. The molecule has 2 aromatic heterocycles. The van der Waals surface area contributed by atoms with E-state index in [1.54, 1.807) is 0 Å². The van der Waals surface area contributed by atoms with Gasteiger partial charge in [-0.15, -0.1) is 10.2 Å². The molecule has 0 spiro atoms. The van der Waals surface area contributed by atoms with Crippen LogP contribution < -0.4 is 16.0 Å². The van der Waals surface area contributed by atoms with Crippen LogP contribution >= 0.6 is 0 Å². The molecule has 3 N–H and O–H groups in total. The van der Waals surface area contributed by atoms with Gasteiger partial charge in [-0.05, 0) is 45.4 Å². The number of aliphatic imine (C=N–C) groups is 1. The summed E-state index contributed by atoms with van der Waals surface area (Å²) >= 11 is 0. The standard InChI is InChI=1S/C22H31N7/c1-5-23-21(24-15-20-28-27-19-13-9-10-14-29(19)20)25-16-22(3,4)26-17(2)18-11-7-6-8-12-18/h6-14,17,26H,5,15-16H2,1-4H3,(H2,23,24,25). The highest BCUT2D eigenvalue weighted by molar-refractivity contribution is 5.79. The van der Waals surface area contributed by atoms with E-state index in [1.807, 2.05) is 34.9 Å². The Kier molecular flexibility index (Phi) is 6.82. The third kappa shape index (κ3) is 5.77. The van der Waals surface area contributed by atoms with E-state index >= 15 is 0 Å². The fraction of sp³-hybridized carbons (Fsp3) is 0.409. The third-order valence-electron chi connectivity index (χ3n) is 4.71. The monoisotopic (exact) mass is 393 g/mol. The van der Waals surface area contributed by atoms with Crippen molar-refractivity contribution >= 4 is 11.6 Å². The molecule has 154 valence electrons. The van der Waals surface area contributed by atoms with E-state index in [0.717, 1.165) is 30.5 Å². The summed E-state index contributed by atoms with van der Waals surface area (Å²) in [5.41, 5.74) is 1.99. The first-order chi connectivity index (χ1) is 14.0. The van der Waals surface area contributed by atoms with E-state index in [9.17, 15) is 0 Å². The zero-order valence-corrected chi connectivity index (χ0v) is 17.7. The molecule has 0 fully saturated rings. The predicted molar refractivity (Wildman–Crippen MR) is 118 cm³/mol. The van der Waals surface area contributed by atoms with Crippen LogP contribution in [0, 0.1) is 0 Å². The number of hydrogen-bond acceptors (Lipinski definition) is 4. The lowest BCUT2D eigenvalue weighted by molar-refractivity contribution is 0.345. The maximum Gasteiger partial charge on any atom is 0.191 e. The lowest BCUT2D eigenvalue weighted by atomic mass is 10.0. The molecule has 3 rings (SSSR count). The summed E-state index contributed by atoms with van der Waals surface area (Å²) in [6, 6.07) is 16.6. The van der Waals surface area contributed by atoms with Crippen LogP contribution in [0.4, 0.5) is 0 Å². The van der Waals surface area contributed by atoms with Crippen LogP contribution in [0.3, 0.4) is 0 Å². The van der Waals surface area contributed by atoms with Crippen molar-refractivity contribution in [3.05, 3.63) is 66.1 Å². The van der Waals surface area contributed by atoms with Crippen molar-refractivity contribution in [1.82, 2.24) is 30.5 Å². The number of benzene rings is 1. The molecule has 0 radical (unpaired) electrons. The summed E-state index contributed by atoms with van der Waals surface area (Å²) in [5, 5.41) is 18.9. The van der Waals surface area contributed by atoms with E-state index in [2.05, 4.69) is 83.1 Å². The van der Waals surface area contributed by atoms with Crippen molar-refractivity contribution in [3.8, 4) is 0 Å². The molecule has 0 saturated heterocycles. The van der Waals surface area contributed by atoms with Crippen molar-refractivity contribution in [1.29, 1.82) is 0 Å². The molecule has 0 saturated carbocycles. The molecule has 1 atom stereocenters. The van der Waals surface area contributed by atoms with Crippen LogP contribution in [0.25, 0.3) is 5.65 Å². The van der Waals surface area contributed by atoms with Gasteiger partial charge in [-0.1, -0.05) is 36.4 Å². The minimum absolute atomic E-state index is 0.118. The van der Waals surface area contributed by atoms with Gasteiger partial charge < -0.3 is 16.0 Å². The Morgan fingerprint density at radius 2 is 1.83 bits per heavy atom. The highest BCUT2D eigenvalue weighted by Gasteiger charge is 2.21. The van der Waals surface area contributed by atoms with Crippen LogP contribution in [-0.2, 0) is 6.54 Å². The molecule has 0 bridgehead atoms. The quantitative estimate of drug-likeness (QED) is 0.405. The summed E-state index contributed by atoms with van der Waals surface area (Å²) in [6.07, 6.45) is 1.96. The van der Waals surface area contributed by atoms with E-state index in [-0.39, 0.29) is 11.6 Å². The number of fused-ring (bicyclic) bond motifs is 1. The first-order valence-corrected chi connectivity index (χ1v) is 10.1. The van der Waals surface area contributed by atoms with Gasteiger partial charge in [-0.3, -0.25) is 4.40 Å². The van der Waals surface area contributed by atoms with Gasteiger partial charge >= 0.3 is 0 Å². The highest BCUT2D eigenvalue weighted by atomic mass is 15.3. The normalized spacial score (nSPS) is 13.4. The molecule has 29 heavy (non-hydrogen) atoms. The molecular formula is C22H31N7. The number of rotatable bonds is 8. The van der Waals surface area contributed by atoms with Gasteiger partial charge in [0, 0.05) is 30.9 Å². The lowest BCUT2D eigenvalue weighted by Crippen LogP contribution is -2.52. The maximum atomic E-state index is 4.69. The molecule has 1 unspecified atom stereocenters. The number of pyridine rings is 1. The van der Waals surface area contributed by atoms with E-state index in [1.165, 1.54) is 5.56 Å². The summed E-state index contributed by atoms with van der Waals surface area (Å²) in [6.45, 7) is 10.6. The molecule has 3 aromatic rings. The number of nitrogens with zero attached hydrogens (tertiary/aromatic N) is 4. The molecule has 7 heteroatoms. The number of aromatic nitrogens is 3. The molecular weight excluding hydrogens is 362 g/mol. The van der Waals surface area contributed by atoms with Crippen LogP contribution in [0.1, 0.15) is 45.1 Å². The Labute approximate surface area is 172 Å². The average Bonchev–Trinajstić information content (AvgIpc) is 3.13. The summed E-state index contributed by atoms with van der Waals surface area (Å²) < 4.78 is 1.96. The third-order valence-corrected chi connectivity index (χ3v) is 4.71. The Morgan fingerprint density at radius 1 is 1.07 bits per heavy atom. The Bertz CT molecular complexity index is 930.